The third-order valence-corrected chi connectivity index (χ3v) is 8.41. The average Bonchev–Trinajstić information content (AvgIpc) is 3.40. The van der Waals surface area contributed by atoms with Gasteiger partial charge in [-0.1, -0.05) is 32.0 Å². The summed E-state index contributed by atoms with van der Waals surface area (Å²) in [4.78, 5) is 4.64. The highest BCUT2D eigenvalue weighted by Gasteiger charge is 2.32. The number of benzene rings is 2. The molecule has 0 radical (unpaired) electrons. The number of nitrogens with zero attached hydrogens (tertiary/aromatic N) is 4. The van der Waals surface area contributed by atoms with Crippen molar-refractivity contribution < 1.29 is 10.4 Å². The smallest absolute Gasteiger partial charge is 0.128 e. The fourth-order valence-corrected chi connectivity index (χ4v) is 6.54. The summed E-state index contributed by atoms with van der Waals surface area (Å²) in [5.74, 6) is -0.275. The maximum atomic E-state index is 14.9. The molecule has 0 unspecified atom stereocenters. The van der Waals surface area contributed by atoms with Crippen molar-refractivity contribution in [1.82, 2.24) is 19.7 Å². The number of H-pyrrole nitrogens is 1. The van der Waals surface area contributed by atoms with Crippen LogP contribution in [-0.2, 0) is 16.5 Å². The van der Waals surface area contributed by atoms with Crippen LogP contribution in [0, 0.1) is 24.1 Å². The summed E-state index contributed by atoms with van der Waals surface area (Å²) in [5, 5.41) is 18.9. The third-order valence-electron chi connectivity index (χ3n) is 6.92. The lowest BCUT2D eigenvalue weighted by atomic mass is 9.82. The van der Waals surface area contributed by atoms with Crippen molar-refractivity contribution in [3.05, 3.63) is 77.5 Å². The molecule has 5 aromatic rings. The fraction of sp³-hybridized carbons (Fsp3) is 0.276. The van der Waals surface area contributed by atoms with Gasteiger partial charge in [-0.15, -0.1) is 0 Å². The molecule has 8 heteroatoms. The molecule has 5 rings (SSSR count). The van der Waals surface area contributed by atoms with E-state index in [0.29, 0.717) is 17.5 Å². The largest absolute Gasteiger partial charge is 0.339 e. The zero-order valence-electron chi connectivity index (χ0n) is 21.6. The van der Waals surface area contributed by atoms with Crippen LogP contribution in [0.1, 0.15) is 38.5 Å². The van der Waals surface area contributed by atoms with Gasteiger partial charge in [0, 0.05) is 52.6 Å². The van der Waals surface area contributed by atoms with Crippen molar-refractivity contribution in [2.45, 2.75) is 39.2 Å². The Labute approximate surface area is 217 Å². The molecule has 0 amide bonds. The molecule has 0 fully saturated rings. The molecular weight excluding hydrogens is 484 g/mol. The molecule has 0 saturated carbocycles. The Bertz CT molecular complexity index is 1760. The van der Waals surface area contributed by atoms with Crippen molar-refractivity contribution in [2.75, 3.05) is 13.3 Å². The Morgan fingerprint density at radius 3 is 2.62 bits per heavy atom. The highest BCUT2D eigenvalue weighted by atomic mass is 31.2. The second-order valence-corrected chi connectivity index (χ2v) is 13.8. The van der Waals surface area contributed by atoms with E-state index in [9.17, 15) is 14.2 Å². The minimum absolute atomic E-state index is 0. The zero-order chi connectivity index (χ0) is 26.5. The number of hydrogen-bond acceptors (Lipinski definition) is 4. The standard InChI is InChI=1S/C29H29FN5OP.H2/c1-18-12-21(15-32-28(18)37(4,5)36)26-22-14-24-20(16-33-34-24)13-25(22)35(27(26)29(2,3)10-11-31)17-19-8-6-7-9-23(19)30;/h6-9,12-16H,10,17H2,1-5H3,(H,33,34);1H. The van der Waals surface area contributed by atoms with Gasteiger partial charge in [-0.05, 0) is 50.1 Å². The zero-order valence-corrected chi connectivity index (χ0v) is 22.5. The van der Waals surface area contributed by atoms with E-state index in [1.54, 1.807) is 37.9 Å². The molecule has 1 N–H and O–H groups in total. The molecular formula is C29H31FN5OP. The number of nitriles is 1. The van der Waals surface area contributed by atoms with Crippen molar-refractivity contribution >= 4 is 34.4 Å². The predicted molar refractivity (Wildman–Crippen MR) is 150 cm³/mol. The lowest BCUT2D eigenvalue weighted by Gasteiger charge is -2.27. The number of aryl methyl sites for hydroxylation is 1. The van der Waals surface area contributed by atoms with Gasteiger partial charge in [-0.2, -0.15) is 10.4 Å². The number of aromatic nitrogens is 4. The van der Waals surface area contributed by atoms with Gasteiger partial charge in [0.1, 0.15) is 18.4 Å². The molecule has 3 aromatic heterocycles. The van der Waals surface area contributed by atoms with Crippen LogP contribution in [0.3, 0.4) is 0 Å². The Hall–Kier alpha value is -3.75. The van der Waals surface area contributed by atoms with Crippen LogP contribution in [-0.4, -0.2) is 33.1 Å². The van der Waals surface area contributed by atoms with Gasteiger partial charge in [0.15, 0.2) is 0 Å². The Balaban J connectivity index is 0.00000336. The molecule has 0 spiro atoms. The Kier molecular flexibility index (Phi) is 6.04. The van der Waals surface area contributed by atoms with Gasteiger partial charge in [-0.25, -0.2) is 4.39 Å². The van der Waals surface area contributed by atoms with Gasteiger partial charge in [0.25, 0.3) is 0 Å². The quantitative estimate of drug-likeness (QED) is 0.253. The third kappa shape index (κ3) is 4.36. The number of rotatable bonds is 6. The molecule has 3 heterocycles. The second kappa shape index (κ2) is 8.97. The minimum atomic E-state index is -2.55. The van der Waals surface area contributed by atoms with E-state index in [0.717, 1.165) is 44.2 Å². The van der Waals surface area contributed by atoms with E-state index >= 15 is 0 Å². The molecule has 2 aromatic carbocycles. The highest BCUT2D eigenvalue weighted by Crippen LogP contribution is 2.44. The summed E-state index contributed by atoms with van der Waals surface area (Å²) >= 11 is 0. The van der Waals surface area contributed by atoms with Crippen LogP contribution in [0.5, 0.6) is 0 Å². The molecule has 37 heavy (non-hydrogen) atoms. The summed E-state index contributed by atoms with van der Waals surface area (Å²) in [6.45, 7) is 9.76. The summed E-state index contributed by atoms with van der Waals surface area (Å²) in [5.41, 5.74) is 6.01. The first-order chi connectivity index (χ1) is 17.5. The maximum Gasteiger partial charge on any atom is 0.128 e. The van der Waals surface area contributed by atoms with E-state index in [-0.39, 0.29) is 13.7 Å². The molecule has 6 nitrogen and oxygen atoms in total. The first-order valence-corrected chi connectivity index (χ1v) is 14.7. The lowest BCUT2D eigenvalue weighted by molar-refractivity contribution is 0.494. The van der Waals surface area contributed by atoms with Gasteiger partial charge in [0.05, 0.1) is 29.8 Å². The number of pyridine rings is 1. The van der Waals surface area contributed by atoms with E-state index in [2.05, 4.69) is 38.0 Å². The van der Waals surface area contributed by atoms with Crippen molar-refractivity contribution in [3.8, 4) is 17.2 Å². The van der Waals surface area contributed by atoms with E-state index < -0.39 is 12.6 Å². The van der Waals surface area contributed by atoms with Gasteiger partial charge < -0.3 is 9.13 Å². The second-order valence-electron chi connectivity index (χ2n) is 10.7. The van der Waals surface area contributed by atoms with Crippen LogP contribution in [0.15, 0.2) is 54.9 Å². The monoisotopic (exact) mass is 515 g/mol. The number of aromatic amines is 1. The van der Waals surface area contributed by atoms with Gasteiger partial charge in [0.2, 0.25) is 0 Å². The molecule has 0 atom stereocenters. The fourth-order valence-electron chi connectivity index (χ4n) is 5.29. The molecule has 0 aliphatic heterocycles. The Morgan fingerprint density at radius 1 is 1.19 bits per heavy atom. The SMILES string of the molecule is Cc1cc(-c2c(C(C)(C)CC#N)n(Cc3ccccc3F)c3cc4cn[nH]c4cc23)cnc1P(C)(C)=O.[HH]. The van der Waals surface area contributed by atoms with Crippen molar-refractivity contribution in [3.63, 3.8) is 0 Å². The average molecular weight is 516 g/mol. The molecule has 190 valence electrons. The number of halogens is 1. The Morgan fingerprint density at radius 2 is 1.95 bits per heavy atom. The normalized spacial score (nSPS) is 12.4. The first-order valence-electron chi connectivity index (χ1n) is 12.1. The van der Waals surface area contributed by atoms with Crippen molar-refractivity contribution in [1.29, 1.82) is 5.26 Å². The highest BCUT2D eigenvalue weighted by molar-refractivity contribution is 7.70. The summed E-state index contributed by atoms with van der Waals surface area (Å²) in [6, 6.07) is 15.3. The van der Waals surface area contributed by atoms with Crippen LogP contribution in [0.2, 0.25) is 0 Å². The van der Waals surface area contributed by atoms with Crippen LogP contribution in [0.25, 0.3) is 32.9 Å². The molecule has 0 bridgehead atoms. The van der Waals surface area contributed by atoms with E-state index in [4.69, 9.17) is 0 Å². The molecule has 0 aliphatic rings. The topological polar surface area (TPSA) is 87.4 Å². The summed E-state index contributed by atoms with van der Waals surface area (Å²) in [7, 11) is -2.55. The summed E-state index contributed by atoms with van der Waals surface area (Å²) in [6.07, 6.45) is 3.82. The van der Waals surface area contributed by atoms with E-state index in [1.165, 1.54) is 6.07 Å². The van der Waals surface area contributed by atoms with Gasteiger partial charge >= 0.3 is 0 Å². The molecule has 0 saturated heterocycles. The van der Waals surface area contributed by atoms with Crippen LogP contribution in [0.4, 0.5) is 4.39 Å². The number of hydrogen-bond donors (Lipinski definition) is 1. The predicted octanol–water partition coefficient (Wildman–Crippen LogP) is 6.76. The van der Waals surface area contributed by atoms with Crippen LogP contribution >= 0.6 is 7.14 Å². The summed E-state index contributed by atoms with van der Waals surface area (Å²) < 4.78 is 29.8. The molecule has 0 aliphatic carbocycles. The number of fused-ring (bicyclic) bond motifs is 2. The maximum absolute atomic E-state index is 14.9. The van der Waals surface area contributed by atoms with E-state index in [1.807, 2.05) is 32.9 Å². The van der Waals surface area contributed by atoms with Gasteiger partial charge in [-0.3, -0.25) is 10.1 Å². The van der Waals surface area contributed by atoms with Crippen molar-refractivity contribution in [2.24, 2.45) is 0 Å². The minimum Gasteiger partial charge on any atom is -0.339 e. The first kappa shape index (κ1) is 24.9. The lowest BCUT2D eigenvalue weighted by Crippen LogP contribution is -2.23. The van der Waals surface area contributed by atoms with Crippen LogP contribution < -0.4 is 5.44 Å². The number of nitrogens with one attached hydrogen (secondary N) is 1.